The molecule has 20 heavy (non-hydrogen) atoms. The zero-order valence-corrected chi connectivity index (χ0v) is 13.0. The quantitative estimate of drug-likeness (QED) is 0.889. The predicted octanol–water partition coefficient (Wildman–Crippen LogP) is 1.65. The van der Waals surface area contributed by atoms with Crippen LogP contribution in [0.2, 0.25) is 0 Å². The van der Waals surface area contributed by atoms with Crippen LogP contribution in [0, 0.1) is 5.92 Å². The molecular weight excluding hydrogens is 250 g/mol. The van der Waals surface area contributed by atoms with Gasteiger partial charge in [0.05, 0.1) is 6.54 Å². The van der Waals surface area contributed by atoms with Gasteiger partial charge in [0.15, 0.2) is 0 Å². The van der Waals surface area contributed by atoms with E-state index in [0.29, 0.717) is 6.04 Å². The molecular formula is C15H27N5. The first kappa shape index (κ1) is 14.0. The lowest BCUT2D eigenvalue weighted by molar-refractivity contribution is 0.0279. The molecule has 1 saturated heterocycles. The molecule has 1 aromatic heterocycles. The van der Waals surface area contributed by atoms with Gasteiger partial charge in [-0.2, -0.15) is 5.10 Å². The summed E-state index contributed by atoms with van der Waals surface area (Å²) >= 11 is 0. The van der Waals surface area contributed by atoms with Crippen LogP contribution >= 0.6 is 0 Å². The average Bonchev–Trinajstić information content (AvgIpc) is 3.19. The van der Waals surface area contributed by atoms with Crippen molar-refractivity contribution in [3.05, 3.63) is 12.2 Å². The van der Waals surface area contributed by atoms with Gasteiger partial charge in [0.1, 0.15) is 12.2 Å². The van der Waals surface area contributed by atoms with Gasteiger partial charge in [-0.25, -0.2) is 9.67 Å². The molecule has 1 aliphatic carbocycles. The van der Waals surface area contributed by atoms with Gasteiger partial charge in [-0.15, -0.1) is 0 Å². The van der Waals surface area contributed by atoms with Crippen molar-refractivity contribution in [3.63, 3.8) is 0 Å². The summed E-state index contributed by atoms with van der Waals surface area (Å²) in [6.07, 6.45) is 5.56. The van der Waals surface area contributed by atoms with Crippen LogP contribution in [0.3, 0.4) is 0 Å². The second-order valence-corrected chi connectivity index (χ2v) is 6.69. The summed E-state index contributed by atoms with van der Waals surface area (Å²) < 4.78 is 2.07. The van der Waals surface area contributed by atoms with Crippen LogP contribution in [0.1, 0.15) is 45.9 Å². The summed E-state index contributed by atoms with van der Waals surface area (Å²) in [6.45, 7) is 11.0. The van der Waals surface area contributed by atoms with Crippen LogP contribution in [0.4, 0.5) is 0 Å². The molecule has 2 heterocycles. The molecule has 0 spiro atoms. The molecule has 2 atom stereocenters. The van der Waals surface area contributed by atoms with E-state index in [1.54, 1.807) is 6.33 Å². The van der Waals surface area contributed by atoms with Crippen LogP contribution < -0.4 is 5.32 Å². The number of nitrogens with zero attached hydrogens (tertiary/aromatic N) is 4. The van der Waals surface area contributed by atoms with Crippen LogP contribution in [0.15, 0.2) is 6.33 Å². The molecule has 2 fully saturated rings. The largest absolute Gasteiger partial charge is 0.311 e. The van der Waals surface area contributed by atoms with Crippen LogP contribution in [0.5, 0.6) is 0 Å². The first-order valence-corrected chi connectivity index (χ1v) is 7.98. The first-order valence-electron chi connectivity index (χ1n) is 7.98. The van der Waals surface area contributed by atoms with E-state index < -0.39 is 0 Å². The Bertz CT molecular complexity index is 453. The van der Waals surface area contributed by atoms with Crippen LogP contribution in [-0.4, -0.2) is 44.3 Å². The minimum absolute atomic E-state index is 0.287. The van der Waals surface area contributed by atoms with Gasteiger partial charge in [-0.3, -0.25) is 4.90 Å². The highest BCUT2D eigenvalue weighted by atomic mass is 15.4. The zero-order valence-electron chi connectivity index (χ0n) is 13.0. The molecule has 0 amide bonds. The van der Waals surface area contributed by atoms with Crippen molar-refractivity contribution in [1.82, 2.24) is 25.0 Å². The monoisotopic (exact) mass is 277 g/mol. The third-order valence-electron chi connectivity index (χ3n) is 4.95. The number of aryl methyl sites for hydroxylation is 1. The first-order chi connectivity index (χ1) is 9.63. The molecule has 2 unspecified atom stereocenters. The van der Waals surface area contributed by atoms with Crippen LogP contribution in [-0.2, 0) is 13.1 Å². The molecule has 0 bridgehead atoms. The SMILES string of the molecule is CCCn1ncnc1CN1CC(C)NCC1(C)C1CC1. The number of hydrogen-bond donors (Lipinski definition) is 1. The van der Waals surface area contributed by atoms with E-state index >= 15 is 0 Å². The van der Waals surface area contributed by atoms with Crippen molar-refractivity contribution in [1.29, 1.82) is 0 Å². The second-order valence-electron chi connectivity index (χ2n) is 6.69. The van der Waals surface area contributed by atoms with Gasteiger partial charge in [0.25, 0.3) is 0 Å². The lowest BCUT2D eigenvalue weighted by atomic mass is 9.89. The summed E-state index contributed by atoms with van der Waals surface area (Å²) in [4.78, 5) is 7.13. The van der Waals surface area contributed by atoms with E-state index in [0.717, 1.165) is 44.3 Å². The van der Waals surface area contributed by atoms with E-state index in [1.807, 2.05) is 0 Å². The van der Waals surface area contributed by atoms with Crippen molar-refractivity contribution in [3.8, 4) is 0 Å². The average molecular weight is 277 g/mol. The molecule has 2 aliphatic rings. The lowest BCUT2D eigenvalue weighted by Crippen LogP contribution is -2.63. The fourth-order valence-electron chi connectivity index (χ4n) is 3.43. The Balaban J connectivity index is 1.77. The highest BCUT2D eigenvalue weighted by Crippen LogP contribution is 2.44. The molecule has 3 rings (SSSR count). The van der Waals surface area contributed by atoms with Crippen molar-refractivity contribution < 1.29 is 0 Å². The molecule has 1 aliphatic heterocycles. The maximum absolute atomic E-state index is 4.49. The van der Waals surface area contributed by atoms with E-state index in [9.17, 15) is 0 Å². The van der Waals surface area contributed by atoms with E-state index in [2.05, 4.69) is 45.8 Å². The maximum Gasteiger partial charge on any atom is 0.141 e. The van der Waals surface area contributed by atoms with Gasteiger partial charge in [-0.05, 0) is 39.0 Å². The lowest BCUT2D eigenvalue weighted by Gasteiger charge is -2.48. The second kappa shape index (κ2) is 5.45. The minimum Gasteiger partial charge on any atom is -0.311 e. The highest BCUT2D eigenvalue weighted by Gasteiger charge is 2.47. The van der Waals surface area contributed by atoms with E-state index in [-0.39, 0.29) is 5.54 Å². The van der Waals surface area contributed by atoms with Gasteiger partial charge >= 0.3 is 0 Å². The molecule has 112 valence electrons. The maximum atomic E-state index is 4.49. The standard InChI is InChI=1S/C15H27N5/c1-4-7-20-14(17-11-18-20)9-19-8-12(2)16-10-15(19,3)13-5-6-13/h11-13,16H,4-10H2,1-3H3. The van der Waals surface area contributed by atoms with Crippen molar-refractivity contribution in [2.24, 2.45) is 5.92 Å². The number of piperazine rings is 1. The number of nitrogens with one attached hydrogen (secondary N) is 1. The van der Waals surface area contributed by atoms with E-state index in [1.165, 1.54) is 12.8 Å². The molecule has 0 radical (unpaired) electrons. The smallest absolute Gasteiger partial charge is 0.141 e. The van der Waals surface area contributed by atoms with Crippen molar-refractivity contribution in [2.45, 2.75) is 64.7 Å². The molecule has 5 nitrogen and oxygen atoms in total. The third-order valence-corrected chi connectivity index (χ3v) is 4.95. The van der Waals surface area contributed by atoms with Gasteiger partial charge in [0.2, 0.25) is 0 Å². The van der Waals surface area contributed by atoms with Crippen molar-refractivity contribution >= 4 is 0 Å². The normalized spacial score (nSPS) is 31.6. The summed E-state index contributed by atoms with van der Waals surface area (Å²) in [5.74, 6) is 1.97. The molecule has 1 aromatic rings. The Labute approximate surface area is 121 Å². The minimum atomic E-state index is 0.287. The zero-order chi connectivity index (χ0) is 14.2. The molecule has 0 aromatic carbocycles. The Morgan fingerprint density at radius 1 is 1.45 bits per heavy atom. The number of aromatic nitrogens is 3. The molecule has 5 heteroatoms. The third kappa shape index (κ3) is 2.61. The summed E-state index contributed by atoms with van der Waals surface area (Å²) in [5.41, 5.74) is 0.287. The fraction of sp³-hybridized carbons (Fsp3) is 0.867. The van der Waals surface area contributed by atoms with Crippen LogP contribution in [0.25, 0.3) is 0 Å². The Morgan fingerprint density at radius 3 is 2.95 bits per heavy atom. The summed E-state index contributed by atoms with van der Waals surface area (Å²) in [7, 11) is 0. The Morgan fingerprint density at radius 2 is 2.25 bits per heavy atom. The summed E-state index contributed by atoms with van der Waals surface area (Å²) in [5, 5.41) is 8.02. The topological polar surface area (TPSA) is 46.0 Å². The van der Waals surface area contributed by atoms with E-state index in [4.69, 9.17) is 0 Å². The Kier molecular flexibility index (Phi) is 3.82. The Hall–Kier alpha value is -0.940. The van der Waals surface area contributed by atoms with Gasteiger partial charge < -0.3 is 5.32 Å². The van der Waals surface area contributed by atoms with Gasteiger partial charge in [-0.1, -0.05) is 6.92 Å². The fourth-order valence-corrected chi connectivity index (χ4v) is 3.43. The predicted molar refractivity (Wildman–Crippen MR) is 79.3 cm³/mol. The number of hydrogen-bond acceptors (Lipinski definition) is 4. The summed E-state index contributed by atoms with van der Waals surface area (Å²) in [6, 6.07) is 0.560. The molecule has 1 N–H and O–H groups in total. The van der Waals surface area contributed by atoms with Crippen molar-refractivity contribution in [2.75, 3.05) is 13.1 Å². The van der Waals surface area contributed by atoms with Gasteiger partial charge in [0, 0.05) is 31.2 Å². The number of rotatable bonds is 5. The highest BCUT2D eigenvalue weighted by molar-refractivity contribution is 5.05. The molecule has 1 saturated carbocycles.